The topological polar surface area (TPSA) is 68.0 Å². The first-order valence-corrected chi connectivity index (χ1v) is 7.32. The molecule has 2 aliphatic heterocycles. The summed E-state index contributed by atoms with van der Waals surface area (Å²) in [4.78, 5) is 16.5. The third-order valence-electron chi connectivity index (χ3n) is 3.94. The molecule has 1 aromatic carbocycles. The number of rotatable bonds is 2. The van der Waals surface area contributed by atoms with E-state index in [1.54, 1.807) is 0 Å². The Kier molecular flexibility index (Phi) is 4.26. The second-order valence-electron chi connectivity index (χ2n) is 5.34. The number of hydrogen-bond acceptors (Lipinski definition) is 5. The lowest BCUT2D eigenvalue weighted by atomic mass is 10.2. The second-order valence-corrected chi connectivity index (χ2v) is 5.34. The van der Waals surface area contributed by atoms with Crippen LogP contribution in [0, 0.1) is 0 Å². The number of hydrogen-bond donors (Lipinski definition) is 1. The summed E-state index contributed by atoms with van der Waals surface area (Å²) in [7, 11) is 0. The van der Waals surface area contributed by atoms with Crippen molar-refractivity contribution in [2.45, 2.75) is 6.10 Å². The van der Waals surface area contributed by atoms with E-state index >= 15 is 0 Å². The number of nitrogens with two attached hydrogens (primary N) is 1. The summed E-state index contributed by atoms with van der Waals surface area (Å²) in [5.41, 5.74) is 7.62. The summed E-state index contributed by atoms with van der Waals surface area (Å²) < 4.78 is 10.8. The summed E-state index contributed by atoms with van der Waals surface area (Å²) in [5.74, 6) is 0.0478. The Morgan fingerprint density at radius 3 is 2.43 bits per heavy atom. The average Bonchev–Trinajstić information content (AvgIpc) is 2.56. The van der Waals surface area contributed by atoms with Crippen LogP contribution >= 0.6 is 0 Å². The Morgan fingerprint density at radius 1 is 1.10 bits per heavy atom. The van der Waals surface area contributed by atoms with Gasteiger partial charge < -0.3 is 25.0 Å². The van der Waals surface area contributed by atoms with Gasteiger partial charge in [0.1, 0.15) is 0 Å². The van der Waals surface area contributed by atoms with Crippen molar-refractivity contribution in [2.75, 3.05) is 56.6 Å². The van der Waals surface area contributed by atoms with E-state index in [2.05, 4.69) is 4.90 Å². The predicted octanol–water partition coefficient (Wildman–Crippen LogP) is 0.333. The molecular formula is C15H21N3O3. The number of carbonyl (C=O) groups is 1. The van der Waals surface area contributed by atoms with Gasteiger partial charge in [-0.1, -0.05) is 0 Å². The third-order valence-corrected chi connectivity index (χ3v) is 3.94. The zero-order valence-electron chi connectivity index (χ0n) is 12.0. The molecule has 2 heterocycles. The first kappa shape index (κ1) is 14.2. The molecule has 1 aromatic rings. The number of piperazine rings is 1. The van der Waals surface area contributed by atoms with E-state index in [4.69, 9.17) is 15.2 Å². The third kappa shape index (κ3) is 3.28. The van der Waals surface area contributed by atoms with Crippen LogP contribution in [-0.2, 0) is 14.3 Å². The van der Waals surface area contributed by atoms with E-state index in [9.17, 15) is 4.79 Å². The molecule has 2 fully saturated rings. The molecule has 0 aromatic heterocycles. The van der Waals surface area contributed by atoms with Crippen LogP contribution in [0.3, 0.4) is 0 Å². The molecule has 6 heteroatoms. The van der Waals surface area contributed by atoms with Crippen molar-refractivity contribution in [1.82, 2.24) is 4.90 Å². The highest BCUT2D eigenvalue weighted by atomic mass is 16.6. The Hall–Kier alpha value is -1.79. The summed E-state index contributed by atoms with van der Waals surface area (Å²) >= 11 is 0. The number of nitrogen functional groups attached to an aromatic ring is 1. The fourth-order valence-electron chi connectivity index (χ4n) is 2.70. The number of benzene rings is 1. The van der Waals surface area contributed by atoms with Crippen LogP contribution in [0.2, 0.25) is 0 Å². The van der Waals surface area contributed by atoms with Crippen LogP contribution in [0.4, 0.5) is 11.4 Å². The summed E-state index contributed by atoms with van der Waals surface area (Å²) in [5, 5.41) is 0. The molecule has 0 aliphatic carbocycles. The van der Waals surface area contributed by atoms with E-state index in [0.29, 0.717) is 32.9 Å². The normalized spacial score (nSPS) is 23.1. The van der Waals surface area contributed by atoms with Crippen LogP contribution in [0.1, 0.15) is 0 Å². The monoisotopic (exact) mass is 291 g/mol. The van der Waals surface area contributed by atoms with Crippen LogP contribution in [0.25, 0.3) is 0 Å². The number of carbonyl (C=O) groups excluding carboxylic acids is 1. The van der Waals surface area contributed by atoms with Crippen molar-refractivity contribution < 1.29 is 14.3 Å². The molecule has 1 unspecified atom stereocenters. The zero-order chi connectivity index (χ0) is 14.7. The van der Waals surface area contributed by atoms with E-state index in [0.717, 1.165) is 24.5 Å². The minimum atomic E-state index is -0.429. The number of ether oxygens (including phenoxy) is 2. The van der Waals surface area contributed by atoms with E-state index < -0.39 is 6.10 Å². The van der Waals surface area contributed by atoms with E-state index in [1.807, 2.05) is 29.2 Å². The Balaban J connectivity index is 1.54. The minimum Gasteiger partial charge on any atom is -0.399 e. The first-order valence-electron chi connectivity index (χ1n) is 7.32. The smallest absolute Gasteiger partial charge is 0.254 e. The molecular weight excluding hydrogens is 270 g/mol. The molecule has 2 N–H and O–H groups in total. The van der Waals surface area contributed by atoms with Crippen LogP contribution in [0.15, 0.2) is 24.3 Å². The summed E-state index contributed by atoms with van der Waals surface area (Å²) in [6.45, 7) is 4.52. The number of amides is 1. The second kappa shape index (κ2) is 6.32. The Morgan fingerprint density at radius 2 is 1.81 bits per heavy atom. The summed E-state index contributed by atoms with van der Waals surface area (Å²) in [6.07, 6.45) is -0.429. The van der Waals surface area contributed by atoms with Crippen molar-refractivity contribution in [2.24, 2.45) is 0 Å². The lowest BCUT2D eigenvalue weighted by Gasteiger charge is -2.38. The van der Waals surface area contributed by atoms with Crippen molar-refractivity contribution >= 4 is 17.3 Å². The van der Waals surface area contributed by atoms with Gasteiger partial charge in [0.15, 0.2) is 6.10 Å². The molecule has 21 heavy (non-hydrogen) atoms. The van der Waals surface area contributed by atoms with Gasteiger partial charge in [-0.25, -0.2) is 0 Å². The lowest BCUT2D eigenvalue weighted by Crippen LogP contribution is -2.53. The quantitative estimate of drug-likeness (QED) is 0.796. The van der Waals surface area contributed by atoms with Crippen LogP contribution < -0.4 is 10.6 Å². The van der Waals surface area contributed by atoms with Crippen LogP contribution in [-0.4, -0.2) is 62.9 Å². The van der Waals surface area contributed by atoms with Crippen molar-refractivity contribution in [3.05, 3.63) is 24.3 Å². The molecule has 1 atom stereocenters. The lowest BCUT2D eigenvalue weighted by molar-refractivity contribution is -0.158. The van der Waals surface area contributed by atoms with E-state index in [-0.39, 0.29) is 5.91 Å². The van der Waals surface area contributed by atoms with Gasteiger partial charge in [-0.15, -0.1) is 0 Å². The molecule has 114 valence electrons. The maximum absolute atomic E-state index is 12.3. The maximum Gasteiger partial charge on any atom is 0.254 e. The predicted molar refractivity (Wildman–Crippen MR) is 80.2 cm³/mol. The van der Waals surface area contributed by atoms with Gasteiger partial charge in [0.2, 0.25) is 0 Å². The SMILES string of the molecule is Nc1ccc(N2CCN(C(=O)C3COCCO3)CC2)cc1. The Labute approximate surface area is 124 Å². The largest absolute Gasteiger partial charge is 0.399 e. The highest BCUT2D eigenvalue weighted by Crippen LogP contribution is 2.18. The molecule has 0 radical (unpaired) electrons. The zero-order valence-corrected chi connectivity index (χ0v) is 12.0. The fourth-order valence-corrected chi connectivity index (χ4v) is 2.70. The van der Waals surface area contributed by atoms with Gasteiger partial charge in [-0.3, -0.25) is 4.79 Å². The fraction of sp³-hybridized carbons (Fsp3) is 0.533. The highest BCUT2D eigenvalue weighted by Gasteiger charge is 2.29. The molecule has 3 rings (SSSR count). The molecule has 1 amide bonds. The number of anilines is 2. The van der Waals surface area contributed by atoms with Gasteiger partial charge in [-0.05, 0) is 24.3 Å². The van der Waals surface area contributed by atoms with Gasteiger partial charge in [0.25, 0.3) is 5.91 Å². The van der Waals surface area contributed by atoms with Gasteiger partial charge in [0.05, 0.1) is 19.8 Å². The Bertz CT molecular complexity index is 477. The van der Waals surface area contributed by atoms with Crippen molar-refractivity contribution in [3.8, 4) is 0 Å². The minimum absolute atomic E-state index is 0.0478. The van der Waals surface area contributed by atoms with Crippen molar-refractivity contribution in [3.63, 3.8) is 0 Å². The average molecular weight is 291 g/mol. The highest BCUT2D eigenvalue weighted by molar-refractivity contribution is 5.81. The van der Waals surface area contributed by atoms with Crippen molar-refractivity contribution in [1.29, 1.82) is 0 Å². The molecule has 6 nitrogen and oxygen atoms in total. The molecule has 0 spiro atoms. The standard InChI is InChI=1S/C15H21N3O3/c16-12-1-3-13(4-2-12)17-5-7-18(8-6-17)15(19)14-11-20-9-10-21-14/h1-4,14H,5-11,16H2. The van der Waals surface area contributed by atoms with Gasteiger partial charge in [-0.2, -0.15) is 0 Å². The maximum atomic E-state index is 12.3. The van der Waals surface area contributed by atoms with Crippen LogP contribution in [0.5, 0.6) is 0 Å². The molecule has 0 bridgehead atoms. The van der Waals surface area contributed by atoms with Gasteiger partial charge >= 0.3 is 0 Å². The number of nitrogens with zero attached hydrogens (tertiary/aromatic N) is 2. The van der Waals surface area contributed by atoms with E-state index in [1.165, 1.54) is 0 Å². The summed E-state index contributed by atoms with van der Waals surface area (Å²) in [6, 6.07) is 7.84. The molecule has 0 saturated carbocycles. The first-order chi connectivity index (χ1) is 10.2. The molecule has 2 saturated heterocycles. The molecule has 2 aliphatic rings. The van der Waals surface area contributed by atoms with Gasteiger partial charge in [0, 0.05) is 37.6 Å².